The number of halogens is 1. The zero-order valence-corrected chi connectivity index (χ0v) is 18.3. The molecule has 2 aromatic rings. The number of carbonyl (C=O) groups excluding carboxylic acids is 1. The van der Waals surface area contributed by atoms with Crippen LogP contribution in [0.4, 0.5) is 11.4 Å². The lowest BCUT2D eigenvalue weighted by molar-refractivity contribution is -0.124. The maximum atomic E-state index is 12.9. The van der Waals surface area contributed by atoms with Crippen LogP contribution >= 0.6 is 11.6 Å². The Morgan fingerprint density at radius 2 is 1.73 bits per heavy atom. The average Bonchev–Trinajstić information content (AvgIpc) is 2.80. The van der Waals surface area contributed by atoms with Crippen molar-refractivity contribution < 1.29 is 9.53 Å². The molecule has 1 N–H and O–H groups in total. The topological polar surface area (TPSA) is 44.8 Å². The number of nitrogens with one attached hydrogen (secondary N) is 1. The monoisotopic (exact) mass is 427 g/mol. The molecule has 0 aliphatic carbocycles. The largest absolute Gasteiger partial charge is 0.372 e. The van der Waals surface area contributed by atoms with Gasteiger partial charge in [0.2, 0.25) is 5.91 Å². The van der Waals surface area contributed by atoms with Crippen LogP contribution in [-0.4, -0.2) is 49.6 Å². The normalized spacial score (nSPS) is 21.3. The van der Waals surface area contributed by atoms with Gasteiger partial charge in [-0.05, 0) is 68.1 Å². The molecule has 2 fully saturated rings. The number of hydrogen-bond donors (Lipinski definition) is 1. The zero-order valence-electron chi connectivity index (χ0n) is 17.5. The second kappa shape index (κ2) is 9.82. The van der Waals surface area contributed by atoms with Gasteiger partial charge in [-0.25, -0.2) is 0 Å². The maximum absolute atomic E-state index is 12.9. The van der Waals surface area contributed by atoms with Crippen LogP contribution in [0.2, 0.25) is 5.02 Å². The number of anilines is 2. The number of nitrogens with zero attached hydrogens (tertiary/aromatic N) is 2. The highest BCUT2D eigenvalue weighted by molar-refractivity contribution is 6.30. The van der Waals surface area contributed by atoms with E-state index in [-0.39, 0.29) is 18.1 Å². The van der Waals surface area contributed by atoms with Gasteiger partial charge >= 0.3 is 0 Å². The first-order valence-electron chi connectivity index (χ1n) is 10.9. The lowest BCUT2D eigenvalue weighted by atomic mass is 10.1. The standard InChI is InChI=1S/C24H30ClN3O2/c1-18(28-15-16-30-23(17-28)19-5-7-20(25)8-6-19)24(29)26-21-9-11-22(12-10-21)27-13-3-2-4-14-27/h5-12,18,23H,2-4,13-17H2,1H3,(H,26,29)/t18-,23+/m1/s1. The molecule has 2 aliphatic heterocycles. The Bertz CT molecular complexity index is 835. The Hall–Kier alpha value is -2.08. The zero-order chi connectivity index (χ0) is 20.9. The summed E-state index contributed by atoms with van der Waals surface area (Å²) < 4.78 is 5.93. The fourth-order valence-electron chi connectivity index (χ4n) is 4.22. The summed E-state index contributed by atoms with van der Waals surface area (Å²) in [5, 5.41) is 3.79. The van der Waals surface area contributed by atoms with Gasteiger partial charge in [0.25, 0.3) is 0 Å². The minimum absolute atomic E-state index is 0.0116. The quantitative estimate of drug-likeness (QED) is 0.749. The Morgan fingerprint density at radius 3 is 2.43 bits per heavy atom. The summed E-state index contributed by atoms with van der Waals surface area (Å²) in [7, 11) is 0. The van der Waals surface area contributed by atoms with Crippen LogP contribution in [0.15, 0.2) is 48.5 Å². The van der Waals surface area contributed by atoms with Crippen LogP contribution in [0.3, 0.4) is 0 Å². The van der Waals surface area contributed by atoms with Gasteiger partial charge < -0.3 is 15.0 Å². The summed E-state index contributed by atoms with van der Waals surface area (Å²) in [5.41, 5.74) is 3.17. The first-order chi connectivity index (χ1) is 14.6. The molecule has 4 rings (SSSR count). The lowest BCUT2D eigenvalue weighted by Gasteiger charge is -2.36. The molecule has 2 heterocycles. The van der Waals surface area contributed by atoms with Crippen LogP contribution in [0.25, 0.3) is 0 Å². The third kappa shape index (κ3) is 5.15. The van der Waals surface area contributed by atoms with Crippen molar-refractivity contribution in [1.29, 1.82) is 0 Å². The van der Waals surface area contributed by atoms with Gasteiger partial charge in [-0.1, -0.05) is 23.7 Å². The van der Waals surface area contributed by atoms with Gasteiger partial charge in [-0.15, -0.1) is 0 Å². The molecule has 2 aliphatic rings. The minimum Gasteiger partial charge on any atom is -0.372 e. The van der Waals surface area contributed by atoms with Crippen molar-refractivity contribution in [3.05, 3.63) is 59.1 Å². The fraction of sp³-hybridized carbons (Fsp3) is 0.458. The molecule has 0 aromatic heterocycles. The molecule has 2 aromatic carbocycles. The molecule has 2 atom stereocenters. The summed E-state index contributed by atoms with van der Waals surface area (Å²) in [4.78, 5) is 17.5. The van der Waals surface area contributed by atoms with E-state index in [9.17, 15) is 4.79 Å². The van der Waals surface area contributed by atoms with E-state index in [0.29, 0.717) is 18.2 Å². The summed E-state index contributed by atoms with van der Waals surface area (Å²) >= 11 is 6.00. The first kappa shape index (κ1) is 21.2. The van der Waals surface area contributed by atoms with Crippen molar-refractivity contribution in [1.82, 2.24) is 4.90 Å². The van der Waals surface area contributed by atoms with Crippen molar-refractivity contribution in [3.8, 4) is 0 Å². The van der Waals surface area contributed by atoms with E-state index in [2.05, 4.69) is 27.2 Å². The van der Waals surface area contributed by atoms with Crippen LogP contribution in [0, 0.1) is 0 Å². The number of benzene rings is 2. The minimum atomic E-state index is -0.231. The first-order valence-corrected chi connectivity index (χ1v) is 11.2. The number of morpholine rings is 1. The molecule has 160 valence electrons. The van der Waals surface area contributed by atoms with Crippen LogP contribution in [-0.2, 0) is 9.53 Å². The third-order valence-electron chi connectivity index (χ3n) is 6.12. The predicted molar refractivity (Wildman–Crippen MR) is 122 cm³/mol. The lowest BCUT2D eigenvalue weighted by Crippen LogP contribution is -2.48. The molecule has 0 radical (unpaired) electrons. The van der Waals surface area contributed by atoms with E-state index in [1.54, 1.807) is 0 Å². The highest BCUT2D eigenvalue weighted by Gasteiger charge is 2.28. The highest BCUT2D eigenvalue weighted by Crippen LogP contribution is 2.26. The Kier molecular flexibility index (Phi) is 6.93. The van der Waals surface area contributed by atoms with E-state index >= 15 is 0 Å². The molecule has 0 spiro atoms. The van der Waals surface area contributed by atoms with E-state index in [4.69, 9.17) is 16.3 Å². The van der Waals surface area contributed by atoms with E-state index < -0.39 is 0 Å². The SMILES string of the molecule is C[C@H](C(=O)Nc1ccc(N2CCCCC2)cc1)N1CCO[C@H](c2ccc(Cl)cc2)C1. The molecular weight excluding hydrogens is 398 g/mol. The van der Waals surface area contributed by atoms with Crippen LogP contribution in [0.1, 0.15) is 37.9 Å². The summed E-state index contributed by atoms with van der Waals surface area (Å²) in [6.45, 7) is 6.23. The Balaban J connectivity index is 1.34. The van der Waals surface area contributed by atoms with Gasteiger partial charge in [-0.3, -0.25) is 9.69 Å². The van der Waals surface area contributed by atoms with Gasteiger partial charge in [0, 0.05) is 42.6 Å². The Morgan fingerprint density at radius 1 is 1.03 bits per heavy atom. The number of hydrogen-bond acceptors (Lipinski definition) is 4. The van der Waals surface area contributed by atoms with Crippen molar-refractivity contribution in [2.24, 2.45) is 0 Å². The smallest absolute Gasteiger partial charge is 0.241 e. The second-order valence-corrected chi connectivity index (χ2v) is 8.60. The Labute approximate surface area is 184 Å². The molecule has 30 heavy (non-hydrogen) atoms. The van der Waals surface area contributed by atoms with E-state index in [1.165, 1.54) is 24.9 Å². The van der Waals surface area contributed by atoms with Crippen LogP contribution < -0.4 is 10.2 Å². The van der Waals surface area contributed by atoms with Crippen molar-refractivity contribution in [2.75, 3.05) is 43.0 Å². The average molecular weight is 428 g/mol. The van der Waals surface area contributed by atoms with Gasteiger partial charge in [0.15, 0.2) is 0 Å². The number of ether oxygens (including phenoxy) is 1. The number of piperidine rings is 1. The van der Waals surface area contributed by atoms with Gasteiger partial charge in [-0.2, -0.15) is 0 Å². The van der Waals surface area contributed by atoms with Gasteiger partial charge in [0.1, 0.15) is 0 Å². The van der Waals surface area contributed by atoms with Crippen molar-refractivity contribution in [2.45, 2.75) is 38.3 Å². The molecule has 6 heteroatoms. The molecule has 1 amide bonds. The van der Waals surface area contributed by atoms with Gasteiger partial charge in [0.05, 0.1) is 18.8 Å². The van der Waals surface area contributed by atoms with Crippen molar-refractivity contribution >= 4 is 28.9 Å². The molecule has 5 nitrogen and oxygen atoms in total. The number of rotatable bonds is 5. The summed E-state index contributed by atoms with van der Waals surface area (Å²) in [6.07, 6.45) is 3.79. The maximum Gasteiger partial charge on any atom is 0.241 e. The van der Waals surface area contributed by atoms with E-state index in [0.717, 1.165) is 30.9 Å². The summed E-state index contributed by atoms with van der Waals surface area (Å²) in [6, 6.07) is 15.7. The molecule has 0 bridgehead atoms. The second-order valence-electron chi connectivity index (χ2n) is 8.17. The van der Waals surface area contributed by atoms with E-state index in [1.807, 2.05) is 43.3 Å². The number of amides is 1. The van der Waals surface area contributed by atoms with Crippen molar-refractivity contribution in [3.63, 3.8) is 0 Å². The molecule has 0 saturated carbocycles. The molecule has 0 unspecified atom stereocenters. The third-order valence-corrected chi connectivity index (χ3v) is 6.37. The summed E-state index contributed by atoms with van der Waals surface area (Å²) in [5.74, 6) is 0.0116. The fourth-order valence-corrected chi connectivity index (χ4v) is 4.35. The van der Waals surface area contributed by atoms with Crippen LogP contribution in [0.5, 0.6) is 0 Å². The predicted octanol–water partition coefficient (Wildman–Crippen LogP) is 4.73. The number of carbonyl (C=O) groups is 1. The molecular formula is C24H30ClN3O2. The molecule has 2 saturated heterocycles. The highest BCUT2D eigenvalue weighted by atomic mass is 35.5.